The molecule has 1 aromatic rings. The summed E-state index contributed by atoms with van der Waals surface area (Å²) in [5.41, 5.74) is 11.9. The average molecular weight is 1840 g/mol. The van der Waals surface area contributed by atoms with E-state index in [0.29, 0.717) is 18.4 Å². The Morgan fingerprint density at radius 3 is 1.15 bits per heavy atom. The lowest BCUT2D eigenvalue weighted by Gasteiger charge is -2.30. The number of carboxylic acid groups (broad SMARTS) is 9. The molecule has 0 aromatic heterocycles. The Balaban J connectivity index is 2.58. The van der Waals surface area contributed by atoms with E-state index in [0.717, 1.165) is 0 Å². The number of aliphatic carboxylic acids is 9. The number of rotatable bonds is 71. The van der Waals surface area contributed by atoms with Crippen LogP contribution in [0.15, 0.2) is 24.3 Å². The van der Waals surface area contributed by atoms with Crippen molar-refractivity contribution >= 4 is 147 Å². The number of hydrogen-bond donors (Lipinski definition) is 20. The maximum atomic E-state index is 14.6. The van der Waals surface area contributed by atoms with Crippen molar-refractivity contribution in [3.05, 3.63) is 35.4 Å². The van der Waals surface area contributed by atoms with E-state index in [1.54, 1.807) is 6.92 Å². The van der Waals surface area contributed by atoms with E-state index in [2.05, 4.69) is 42.5 Å². The minimum Gasteiger partial charge on any atom is -0.481 e. The normalized spacial score (nSPS) is 15.0. The van der Waals surface area contributed by atoms with Crippen molar-refractivity contribution in [2.45, 2.75) is 269 Å². The molecule has 1 saturated heterocycles. The highest BCUT2D eigenvalue weighted by Gasteiger charge is 2.42. The van der Waals surface area contributed by atoms with Gasteiger partial charge in [-0.05, 0) is 115 Å². The smallest absolute Gasteiger partial charge is 0.303 e. The van der Waals surface area contributed by atoms with Gasteiger partial charge in [0.05, 0.1) is 42.9 Å². The summed E-state index contributed by atoms with van der Waals surface area (Å²) in [6.07, 6.45) is -18.1. The number of carboxylic acids is 9. The lowest BCUT2D eigenvalue weighted by atomic mass is 9.88. The summed E-state index contributed by atoms with van der Waals surface area (Å²) in [5, 5.41) is 114. The van der Waals surface area contributed by atoms with Crippen molar-refractivity contribution in [1.82, 2.24) is 47.4 Å². The molecule has 0 radical (unpaired) electrons. The number of Topliss-reactive ketones (excluding diaryl/α,β-unsaturated/α-hetero) is 7. The number of nitrogens with two attached hydrogens (primary N) is 2. The Morgan fingerprint density at radius 1 is 0.431 bits per heavy atom. The van der Waals surface area contributed by atoms with Crippen molar-refractivity contribution in [1.29, 1.82) is 5.41 Å². The third-order valence-corrected chi connectivity index (χ3v) is 21.2. The summed E-state index contributed by atoms with van der Waals surface area (Å²) in [5.74, 6) is -37.0. The Morgan fingerprint density at radius 2 is 0.792 bits per heavy atom. The largest absolute Gasteiger partial charge is 0.481 e. The predicted molar refractivity (Wildman–Crippen MR) is 450 cm³/mol. The van der Waals surface area contributed by atoms with E-state index in [-0.39, 0.29) is 80.7 Å². The molecule has 1 aromatic carbocycles. The molecule has 1 aliphatic heterocycles. The van der Waals surface area contributed by atoms with Gasteiger partial charge in [-0.2, -0.15) is 0 Å². The zero-order valence-corrected chi connectivity index (χ0v) is 73.0. The summed E-state index contributed by atoms with van der Waals surface area (Å²) >= 11 is 0. The zero-order valence-electron chi connectivity index (χ0n) is 73.0. The molecule has 0 bridgehead atoms. The molecule has 1 heterocycles. The number of guanidine groups is 1. The molecule has 1 fully saturated rings. The molecule has 130 heavy (non-hydrogen) atoms. The molecule has 13 atom stereocenters. The molecule has 0 saturated carbocycles. The van der Waals surface area contributed by atoms with Gasteiger partial charge in [0.15, 0.2) is 40.7 Å². The number of ether oxygens (including phenoxy) is 1. The third kappa shape index (κ3) is 45.7. The van der Waals surface area contributed by atoms with Gasteiger partial charge in [-0.3, -0.25) is 120 Å². The Kier molecular flexibility index (Phi) is 51.6. The fraction of sp³-hybridized carbons (Fsp3) is 0.631. The molecule has 722 valence electrons. The van der Waals surface area contributed by atoms with Crippen molar-refractivity contribution in [3.63, 3.8) is 0 Å². The topological polar surface area (TPSA) is 776 Å². The second-order valence-electron chi connectivity index (χ2n) is 32.2. The van der Waals surface area contributed by atoms with Crippen molar-refractivity contribution in [2.75, 3.05) is 32.8 Å². The number of amides is 8. The molecule has 2 unspecified atom stereocenters. The number of nitrogens with one attached hydrogen (secondary N) is 9. The van der Waals surface area contributed by atoms with Crippen LogP contribution in [-0.4, -0.2) is 279 Å². The molecule has 0 spiro atoms. The van der Waals surface area contributed by atoms with Gasteiger partial charge in [0.1, 0.15) is 24.5 Å². The van der Waals surface area contributed by atoms with Gasteiger partial charge in [-0.15, -0.1) is 0 Å². The van der Waals surface area contributed by atoms with Crippen LogP contribution in [0.3, 0.4) is 0 Å². The number of benzene rings is 1. The van der Waals surface area contributed by atoms with Crippen LogP contribution in [0.25, 0.3) is 0 Å². The van der Waals surface area contributed by atoms with Crippen LogP contribution >= 0.6 is 0 Å². The van der Waals surface area contributed by atoms with Crippen LogP contribution in [0.5, 0.6) is 0 Å². The lowest BCUT2D eigenvalue weighted by molar-refractivity contribution is -0.142. The van der Waals surface area contributed by atoms with Gasteiger partial charge in [-0.1, -0.05) is 45.0 Å². The molecule has 46 nitrogen and oxygen atoms in total. The molecule has 46 heteroatoms. The Labute approximate surface area is 747 Å². The minimum absolute atomic E-state index is 0.00665. The highest BCUT2D eigenvalue weighted by Crippen LogP contribution is 2.27. The summed E-state index contributed by atoms with van der Waals surface area (Å²) in [4.78, 5) is 317. The summed E-state index contributed by atoms with van der Waals surface area (Å²) in [6.45, 7) is 5.52. The molecule has 22 N–H and O–H groups in total. The highest BCUT2D eigenvalue weighted by atomic mass is 16.5. The molecule has 8 amide bonds. The van der Waals surface area contributed by atoms with Gasteiger partial charge in [0.25, 0.3) is 0 Å². The Hall–Kier alpha value is -12.9. The van der Waals surface area contributed by atoms with Crippen molar-refractivity contribution in [3.8, 4) is 0 Å². The predicted octanol–water partition coefficient (Wildman–Crippen LogP) is -0.260. The van der Waals surface area contributed by atoms with Crippen LogP contribution in [0.4, 0.5) is 0 Å². The summed E-state index contributed by atoms with van der Waals surface area (Å²) in [6, 6.07) is -6.50. The number of carbonyl (C=O) groups excluding carboxylic acids is 15. The monoisotopic (exact) mass is 1840 g/mol. The van der Waals surface area contributed by atoms with Crippen LogP contribution < -0.4 is 54.0 Å². The SMILES string of the molecule is CCC(=O)[C@H](CC(C)C)NC(=O)C1CCCN1C(=O)[C@H](CCCNC(=N)N)NC(=O)COCCNC(=O)C(CC(=O)[C@@H](CCC(=O)O)NC(=O)[C@@H](CCC(=O)O)CC(=O)[C@@H](CCC(=O)O)NC(=O)[C@@H](CCC(=O)O)CC(=O)[C@@H](CCC(=O)O)NC(=O)[C@@H](CCC(=O)O)CC(=O)[C@@H](CCC(=O)O)NC(=O)[C@@H](CCC(=O)O)CC(=O)[C@H](N)CCC(=O)O)Cc1ccc(C(C)=O)cc1. The van der Waals surface area contributed by atoms with E-state index in [4.69, 9.17) is 26.7 Å². The van der Waals surface area contributed by atoms with E-state index in [1.807, 2.05) is 13.8 Å². The first-order valence-corrected chi connectivity index (χ1v) is 42.6. The van der Waals surface area contributed by atoms with Gasteiger partial charge in [0.2, 0.25) is 47.3 Å². The van der Waals surface area contributed by atoms with Gasteiger partial charge >= 0.3 is 53.7 Å². The zero-order chi connectivity index (χ0) is 98.2. The maximum absolute atomic E-state index is 14.6. The molecule has 0 aliphatic carbocycles. The second-order valence-corrected chi connectivity index (χ2v) is 32.2. The average Bonchev–Trinajstić information content (AvgIpc) is 1.67. The first-order chi connectivity index (χ1) is 61.0. The highest BCUT2D eigenvalue weighted by molar-refractivity contribution is 6.01. The van der Waals surface area contributed by atoms with E-state index >= 15 is 0 Å². The second kappa shape index (κ2) is 59.3. The quantitative estimate of drug-likeness (QED) is 0.0173. The van der Waals surface area contributed by atoms with Crippen LogP contribution in [0, 0.1) is 40.9 Å². The van der Waals surface area contributed by atoms with E-state index in [9.17, 15) is 156 Å². The first-order valence-electron chi connectivity index (χ1n) is 42.6. The fourth-order valence-corrected chi connectivity index (χ4v) is 14.1. The first kappa shape index (κ1) is 113. The standard InChI is InChI=1S/C84H122N12O34/c1-5-61(98)59(36-44(2)3)95-82(128)60-9-7-34-96(60)83(129)58(8-6-32-89-84(86)87)90-67(104)43-130-35-33-88-77(123)52(37-46-10-12-47(13-11-46)45(4)97)42-66(103)57(22-31-76(121)122)94-81(127)51(17-26-71(111)112)41-65(102)56(21-30-75(119)120)93-80(126)50(16-25-70(109)110)40-64(101)55(20-29-74(117)118)92-79(125)49(15-24-69(107)108)39-63(100)54(19-28-73(115)116)91-78(124)48(14-23-68(105)106)38-62(99)53(85)18-27-72(113)114/h10-13,44,48-60H,5-9,14-43,85H2,1-4H3,(H,88,123)(H,90,104)(H,91,124)(H,92,125)(H,93,126)(H,94,127)(H,95,128)(H,105,106)(H,107,108)(H,109,110)(H,111,112)(H,113,114)(H,115,116)(H,117,118)(H,119,120)(H,121,122)(H4,86,87,89)/t48-,49-,50-,51-,52?,53+,54+,55+,56+,57+,58-,59-,60?/m0/s1. The van der Waals surface area contributed by atoms with Crippen molar-refractivity contribution in [2.24, 2.45) is 47.0 Å². The lowest BCUT2D eigenvalue weighted by Crippen LogP contribution is -2.55. The molecule has 1 aliphatic rings. The number of likely N-dealkylation sites (tertiary alicyclic amines) is 1. The van der Waals surface area contributed by atoms with E-state index < -0.39 is 369 Å². The number of carbonyl (C=O) groups is 24. The Bertz CT molecular complexity index is 4210. The van der Waals surface area contributed by atoms with Gasteiger partial charge < -0.3 is 110 Å². The third-order valence-electron chi connectivity index (χ3n) is 21.2. The molecule has 2 rings (SSSR count). The van der Waals surface area contributed by atoms with Crippen molar-refractivity contribution < 1.29 is 166 Å². The van der Waals surface area contributed by atoms with Crippen LogP contribution in [0.2, 0.25) is 0 Å². The number of nitrogens with zero attached hydrogens (tertiary/aromatic N) is 1. The summed E-state index contributed by atoms with van der Waals surface area (Å²) in [7, 11) is 0. The number of hydrogen-bond acceptors (Lipinski definition) is 27. The number of ketones is 7. The molecular weight excluding hydrogens is 1720 g/mol. The maximum Gasteiger partial charge on any atom is 0.303 e. The van der Waals surface area contributed by atoms with Gasteiger partial charge in [0, 0.05) is 151 Å². The van der Waals surface area contributed by atoms with E-state index in [1.165, 1.54) is 36.1 Å². The molecular formula is C84H122N12O34. The van der Waals surface area contributed by atoms with Gasteiger partial charge in [-0.25, -0.2) is 0 Å². The fourth-order valence-electron chi connectivity index (χ4n) is 14.1. The van der Waals surface area contributed by atoms with Crippen LogP contribution in [-0.2, 0) is 121 Å². The minimum atomic E-state index is -2.03. The summed E-state index contributed by atoms with van der Waals surface area (Å²) < 4.78 is 5.58. The van der Waals surface area contributed by atoms with Crippen LogP contribution in [0.1, 0.15) is 230 Å².